The molecule has 1 fully saturated rings. The molecule has 3 rings (SSSR count). The molecule has 0 unspecified atom stereocenters. The van der Waals surface area contributed by atoms with Crippen molar-refractivity contribution in [2.45, 2.75) is 19.9 Å². The number of anilines is 1. The van der Waals surface area contributed by atoms with E-state index < -0.39 is 0 Å². The predicted octanol–water partition coefficient (Wildman–Crippen LogP) is 3.38. The zero-order valence-electron chi connectivity index (χ0n) is 13.7. The van der Waals surface area contributed by atoms with Gasteiger partial charge in [0, 0.05) is 38.4 Å². The third kappa shape index (κ3) is 4.12. The molecule has 0 saturated carbocycles. The molecule has 0 spiro atoms. The van der Waals surface area contributed by atoms with E-state index in [1.807, 2.05) is 0 Å². The maximum Gasteiger partial charge on any atom is 0.0669 e. The van der Waals surface area contributed by atoms with Crippen LogP contribution in [0.5, 0.6) is 0 Å². The first-order chi connectivity index (χ1) is 11.2. The number of benzene rings is 2. The Morgan fingerprint density at radius 3 is 2.30 bits per heavy atom. The minimum Gasteiger partial charge on any atom is -0.369 e. The lowest BCUT2D eigenvalue weighted by molar-refractivity contribution is 0.250. The van der Waals surface area contributed by atoms with E-state index in [0.717, 1.165) is 38.3 Å². The fraction of sp³-hybridized carbons (Fsp3) is 0.350. The van der Waals surface area contributed by atoms with Gasteiger partial charge in [-0.05, 0) is 35.7 Å². The van der Waals surface area contributed by atoms with Crippen LogP contribution in [0.4, 0.5) is 5.69 Å². The van der Waals surface area contributed by atoms with Gasteiger partial charge in [-0.1, -0.05) is 36.4 Å². The lowest BCUT2D eigenvalue weighted by Crippen LogP contribution is -2.45. The maximum absolute atomic E-state index is 8.72. The summed E-state index contributed by atoms with van der Waals surface area (Å²) in [5, 5.41) is 8.72. The molecule has 0 radical (unpaired) electrons. The average Bonchev–Trinajstić information content (AvgIpc) is 2.58. The Labute approximate surface area is 138 Å². The maximum atomic E-state index is 8.72. The quantitative estimate of drug-likeness (QED) is 0.867. The summed E-state index contributed by atoms with van der Waals surface area (Å²) >= 11 is 0. The summed E-state index contributed by atoms with van der Waals surface area (Å²) in [5.74, 6) is 0. The Hall–Kier alpha value is -2.31. The molecule has 0 aromatic heterocycles. The van der Waals surface area contributed by atoms with Crippen molar-refractivity contribution in [1.82, 2.24) is 4.90 Å². The van der Waals surface area contributed by atoms with Gasteiger partial charge in [-0.15, -0.1) is 0 Å². The van der Waals surface area contributed by atoms with Crippen LogP contribution in [0.1, 0.15) is 16.7 Å². The molecule has 3 heteroatoms. The molecule has 1 saturated heterocycles. The van der Waals surface area contributed by atoms with Gasteiger partial charge in [0.05, 0.1) is 12.5 Å². The molecule has 1 heterocycles. The van der Waals surface area contributed by atoms with Crippen LogP contribution >= 0.6 is 0 Å². The van der Waals surface area contributed by atoms with Gasteiger partial charge in [0.25, 0.3) is 0 Å². The van der Waals surface area contributed by atoms with Gasteiger partial charge in [0.2, 0.25) is 0 Å². The Morgan fingerprint density at radius 2 is 1.65 bits per heavy atom. The highest BCUT2D eigenvalue weighted by molar-refractivity contribution is 5.48. The second-order valence-corrected chi connectivity index (χ2v) is 6.25. The SMILES string of the molecule is Cc1cccc(N2CCN(Cc3ccc(CC#N)cc3)CC2)c1. The molecule has 0 aliphatic carbocycles. The van der Waals surface area contributed by atoms with Gasteiger partial charge in [0.1, 0.15) is 0 Å². The zero-order valence-corrected chi connectivity index (χ0v) is 13.7. The minimum absolute atomic E-state index is 0.495. The molecule has 0 atom stereocenters. The third-order valence-corrected chi connectivity index (χ3v) is 4.45. The summed E-state index contributed by atoms with van der Waals surface area (Å²) in [6, 6.07) is 19.4. The number of hydrogen-bond donors (Lipinski definition) is 0. The number of nitrogens with zero attached hydrogens (tertiary/aromatic N) is 3. The van der Waals surface area contributed by atoms with E-state index in [2.05, 4.69) is 71.3 Å². The van der Waals surface area contributed by atoms with Crippen molar-refractivity contribution in [3.8, 4) is 6.07 Å². The van der Waals surface area contributed by atoms with Crippen molar-refractivity contribution < 1.29 is 0 Å². The van der Waals surface area contributed by atoms with Crippen LogP contribution < -0.4 is 4.90 Å². The molecule has 118 valence electrons. The Balaban J connectivity index is 1.54. The lowest BCUT2D eigenvalue weighted by Gasteiger charge is -2.36. The first-order valence-corrected chi connectivity index (χ1v) is 8.23. The molecule has 1 aliphatic heterocycles. The lowest BCUT2D eigenvalue weighted by atomic mass is 10.1. The van der Waals surface area contributed by atoms with Crippen molar-refractivity contribution in [2.24, 2.45) is 0 Å². The predicted molar refractivity (Wildman–Crippen MR) is 94.4 cm³/mol. The van der Waals surface area contributed by atoms with Crippen LogP contribution in [0.25, 0.3) is 0 Å². The highest BCUT2D eigenvalue weighted by atomic mass is 15.3. The summed E-state index contributed by atoms with van der Waals surface area (Å²) in [5.41, 5.74) is 5.09. The van der Waals surface area contributed by atoms with Crippen molar-refractivity contribution in [3.05, 3.63) is 65.2 Å². The smallest absolute Gasteiger partial charge is 0.0669 e. The van der Waals surface area contributed by atoms with Crippen molar-refractivity contribution in [3.63, 3.8) is 0 Å². The highest BCUT2D eigenvalue weighted by Crippen LogP contribution is 2.18. The molecule has 1 aliphatic rings. The summed E-state index contributed by atoms with van der Waals surface area (Å²) in [6.45, 7) is 7.48. The van der Waals surface area contributed by atoms with Crippen LogP contribution in [0.15, 0.2) is 48.5 Å². The summed E-state index contributed by atoms with van der Waals surface area (Å²) in [4.78, 5) is 4.98. The fourth-order valence-electron chi connectivity index (χ4n) is 3.10. The molecule has 0 N–H and O–H groups in total. The topological polar surface area (TPSA) is 30.3 Å². The number of piperazine rings is 1. The number of aryl methyl sites for hydroxylation is 1. The molecule has 3 nitrogen and oxygen atoms in total. The van der Waals surface area contributed by atoms with Crippen molar-refractivity contribution >= 4 is 5.69 Å². The first-order valence-electron chi connectivity index (χ1n) is 8.23. The van der Waals surface area contributed by atoms with Crippen LogP contribution in [0, 0.1) is 18.3 Å². The molecule has 2 aromatic carbocycles. The Morgan fingerprint density at radius 1 is 0.957 bits per heavy atom. The van der Waals surface area contributed by atoms with Gasteiger partial charge in [-0.2, -0.15) is 5.26 Å². The number of hydrogen-bond acceptors (Lipinski definition) is 3. The molecular formula is C20H23N3. The second kappa shape index (κ2) is 7.30. The largest absolute Gasteiger partial charge is 0.369 e. The van der Waals surface area contributed by atoms with E-state index in [1.54, 1.807) is 0 Å². The monoisotopic (exact) mass is 305 g/mol. The van der Waals surface area contributed by atoms with Crippen LogP contribution in [0.2, 0.25) is 0 Å². The van der Waals surface area contributed by atoms with E-state index in [-0.39, 0.29) is 0 Å². The highest BCUT2D eigenvalue weighted by Gasteiger charge is 2.17. The average molecular weight is 305 g/mol. The fourth-order valence-corrected chi connectivity index (χ4v) is 3.10. The van der Waals surface area contributed by atoms with E-state index in [0.29, 0.717) is 6.42 Å². The normalized spacial score (nSPS) is 15.4. The summed E-state index contributed by atoms with van der Waals surface area (Å²) in [7, 11) is 0. The van der Waals surface area contributed by atoms with Gasteiger partial charge in [-0.25, -0.2) is 0 Å². The minimum atomic E-state index is 0.495. The molecule has 2 aromatic rings. The van der Waals surface area contributed by atoms with Crippen molar-refractivity contribution in [1.29, 1.82) is 5.26 Å². The Bertz CT molecular complexity index is 677. The Kier molecular flexibility index (Phi) is 4.95. The molecule has 0 bridgehead atoms. The van der Waals surface area contributed by atoms with Gasteiger partial charge >= 0.3 is 0 Å². The molecular weight excluding hydrogens is 282 g/mol. The number of rotatable bonds is 4. The zero-order chi connectivity index (χ0) is 16.1. The standard InChI is InChI=1S/C20H23N3/c1-17-3-2-4-20(15-17)23-13-11-22(12-14-23)16-19-7-5-18(6-8-19)9-10-21/h2-8,15H,9,11-14,16H2,1H3. The summed E-state index contributed by atoms with van der Waals surface area (Å²) in [6.07, 6.45) is 0.495. The first kappa shape index (κ1) is 15.6. The van der Waals surface area contributed by atoms with Crippen LogP contribution in [-0.2, 0) is 13.0 Å². The van der Waals surface area contributed by atoms with Gasteiger partial charge < -0.3 is 4.90 Å². The van der Waals surface area contributed by atoms with Gasteiger partial charge in [0.15, 0.2) is 0 Å². The van der Waals surface area contributed by atoms with Crippen LogP contribution in [-0.4, -0.2) is 31.1 Å². The van der Waals surface area contributed by atoms with E-state index in [1.165, 1.54) is 16.8 Å². The summed E-state index contributed by atoms with van der Waals surface area (Å²) < 4.78 is 0. The van der Waals surface area contributed by atoms with Crippen LogP contribution in [0.3, 0.4) is 0 Å². The van der Waals surface area contributed by atoms with Crippen molar-refractivity contribution in [2.75, 3.05) is 31.1 Å². The molecule has 0 amide bonds. The second-order valence-electron chi connectivity index (χ2n) is 6.25. The van der Waals surface area contributed by atoms with E-state index in [4.69, 9.17) is 5.26 Å². The third-order valence-electron chi connectivity index (χ3n) is 4.45. The van der Waals surface area contributed by atoms with Gasteiger partial charge in [-0.3, -0.25) is 4.90 Å². The number of nitriles is 1. The van der Waals surface area contributed by atoms with E-state index in [9.17, 15) is 0 Å². The molecule has 23 heavy (non-hydrogen) atoms. The van der Waals surface area contributed by atoms with E-state index >= 15 is 0 Å².